The van der Waals surface area contributed by atoms with Crippen LogP contribution in [0.4, 0.5) is 5.82 Å². The highest BCUT2D eigenvalue weighted by Gasteiger charge is 2.19. The summed E-state index contributed by atoms with van der Waals surface area (Å²) in [5.41, 5.74) is 8.11. The Morgan fingerprint density at radius 1 is 1.22 bits per heavy atom. The van der Waals surface area contributed by atoms with Gasteiger partial charge in [0.15, 0.2) is 0 Å². The number of nitrogen functional groups attached to an aromatic ring is 1. The monoisotopic (exact) mass is 240 g/mol. The lowest BCUT2D eigenvalue weighted by Crippen LogP contribution is -2.22. The van der Waals surface area contributed by atoms with Crippen LogP contribution in [-0.2, 0) is 12.8 Å². The number of ether oxygens (including phenoxy) is 1. The Hall–Kier alpha value is -2.03. The first kappa shape index (κ1) is 11.1. The van der Waals surface area contributed by atoms with Crippen LogP contribution in [0.25, 0.3) is 0 Å². The molecule has 18 heavy (non-hydrogen) atoms. The summed E-state index contributed by atoms with van der Waals surface area (Å²) in [6, 6.07) is 12.2. The molecule has 3 heteroatoms. The van der Waals surface area contributed by atoms with Gasteiger partial charge in [0.2, 0.25) is 0 Å². The first-order chi connectivity index (χ1) is 8.81. The number of rotatable bonds is 2. The van der Waals surface area contributed by atoms with Gasteiger partial charge >= 0.3 is 0 Å². The Morgan fingerprint density at radius 3 is 2.94 bits per heavy atom. The lowest BCUT2D eigenvalue weighted by atomic mass is 9.91. The molecule has 1 atom stereocenters. The standard InChI is InChI=1S/C15H16N2O/c16-15-6-5-11(9-17-15)7-12-8-13-3-1-2-4-14(13)18-10-12/h1-6,9,12H,7-8,10H2,(H2,16,17)/t12-/m0/s1. The molecule has 2 N–H and O–H groups in total. The first-order valence-electron chi connectivity index (χ1n) is 6.22. The average molecular weight is 240 g/mol. The molecule has 1 aromatic carbocycles. The molecule has 92 valence electrons. The zero-order valence-corrected chi connectivity index (χ0v) is 10.2. The normalized spacial score (nSPS) is 17.9. The van der Waals surface area contributed by atoms with Crippen LogP contribution in [0.2, 0.25) is 0 Å². The number of hydrogen-bond donors (Lipinski definition) is 1. The second kappa shape index (κ2) is 4.69. The second-order valence-corrected chi connectivity index (χ2v) is 4.78. The van der Waals surface area contributed by atoms with Crippen molar-refractivity contribution in [3.05, 3.63) is 53.7 Å². The Morgan fingerprint density at radius 2 is 2.11 bits per heavy atom. The van der Waals surface area contributed by atoms with E-state index in [1.54, 1.807) is 0 Å². The molecule has 0 aliphatic carbocycles. The van der Waals surface area contributed by atoms with Crippen LogP contribution in [0.5, 0.6) is 5.75 Å². The fourth-order valence-electron chi connectivity index (χ4n) is 2.41. The Labute approximate surface area is 107 Å². The summed E-state index contributed by atoms with van der Waals surface area (Å²) < 4.78 is 5.79. The number of anilines is 1. The van der Waals surface area contributed by atoms with Crippen molar-refractivity contribution < 1.29 is 4.74 Å². The minimum atomic E-state index is 0.519. The molecule has 1 aliphatic rings. The largest absolute Gasteiger partial charge is 0.493 e. The predicted octanol–water partition coefficient (Wildman–Crippen LogP) is 2.46. The van der Waals surface area contributed by atoms with Gasteiger partial charge in [0.05, 0.1) is 6.61 Å². The molecule has 0 radical (unpaired) electrons. The van der Waals surface area contributed by atoms with Gasteiger partial charge in [-0.1, -0.05) is 24.3 Å². The van der Waals surface area contributed by atoms with Crippen molar-refractivity contribution in [2.45, 2.75) is 12.8 Å². The third-order valence-electron chi connectivity index (χ3n) is 3.33. The Bertz CT molecular complexity index is 536. The van der Waals surface area contributed by atoms with Gasteiger partial charge in [0.1, 0.15) is 11.6 Å². The van der Waals surface area contributed by atoms with Gasteiger partial charge in [-0.2, -0.15) is 0 Å². The van der Waals surface area contributed by atoms with Crippen LogP contribution in [0, 0.1) is 5.92 Å². The van der Waals surface area contributed by atoms with Crippen LogP contribution >= 0.6 is 0 Å². The number of fused-ring (bicyclic) bond motifs is 1. The Balaban J connectivity index is 1.71. The zero-order valence-electron chi connectivity index (χ0n) is 10.2. The summed E-state index contributed by atoms with van der Waals surface area (Å²) in [5.74, 6) is 2.12. The van der Waals surface area contributed by atoms with E-state index in [0.29, 0.717) is 11.7 Å². The first-order valence-corrected chi connectivity index (χ1v) is 6.22. The topological polar surface area (TPSA) is 48.1 Å². The molecular formula is C15H16N2O. The SMILES string of the molecule is Nc1ccc(C[C@@H]2COc3ccccc3C2)cn1. The molecule has 1 aromatic heterocycles. The third kappa shape index (κ3) is 2.30. The molecule has 2 aromatic rings. The van der Waals surface area contributed by atoms with Gasteiger partial charge in [-0.05, 0) is 36.1 Å². The maximum atomic E-state index is 5.79. The molecule has 1 aliphatic heterocycles. The quantitative estimate of drug-likeness (QED) is 0.877. The van der Waals surface area contributed by atoms with Crippen molar-refractivity contribution in [2.75, 3.05) is 12.3 Å². The minimum Gasteiger partial charge on any atom is -0.493 e. The smallest absolute Gasteiger partial charge is 0.123 e. The van der Waals surface area contributed by atoms with Crippen LogP contribution in [0.15, 0.2) is 42.6 Å². The number of nitrogens with two attached hydrogens (primary N) is 1. The van der Waals surface area contributed by atoms with Crippen molar-refractivity contribution in [3.63, 3.8) is 0 Å². The van der Waals surface area contributed by atoms with Gasteiger partial charge in [-0.15, -0.1) is 0 Å². The third-order valence-corrected chi connectivity index (χ3v) is 3.33. The predicted molar refractivity (Wildman–Crippen MR) is 71.5 cm³/mol. The van der Waals surface area contributed by atoms with Crippen molar-refractivity contribution in [1.82, 2.24) is 4.98 Å². The van der Waals surface area contributed by atoms with Gasteiger partial charge in [-0.25, -0.2) is 4.98 Å². The number of aromatic nitrogens is 1. The summed E-state index contributed by atoms with van der Waals surface area (Å²) in [6.07, 6.45) is 3.91. The summed E-state index contributed by atoms with van der Waals surface area (Å²) in [6.45, 7) is 0.779. The fourth-order valence-corrected chi connectivity index (χ4v) is 2.41. The van der Waals surface area contributed by atoms with Crippen LogP contribution < -0.4 is 10.5 Å². The molecule has 3 nitrogen and oxygen atoms in total. The molecule has 0 bridgehead atoms. The molecule has 3 rings (SSSR count). The fraction of sp³-hybridized carbons (Fsp3) is 0.267. The second-order valence-electron chi connectivity index (χ2n) is 4.78. The summed E-state index contributed by atoms with van der Waals surface area (Å²) in [4.78, 5) is 4.13. The van der Waals surface area contributed by atoms with Crippen LogP contribution in [-0.4, -0.2) is 11.6 Å². The maximum absolute atomic E-state index is 5.79. The minimum absolute atomic E-state index is 0.519. The molecule has 0 spiro atoms. The van der Waals surface area contributed by atoms with E-state index in [9.17, 15) is 0 Å². The summed E-state index contributed by atoms with van der Waals surface area (Å²) in [7, 11) is 0. The van der Waals surface area contributed by atoms with E-state index in [-0.39, 0.29) is 0 Å². The number of benzene rings is 1. The van der Waals surface area contributed by atoms with E-state index in [4.69, 9.17) is 10.5 Å². The number of para-hydroxylation sites is 1. The lowest BCUT2D eigenvalue weighted by Gasteiger charge is -2.25. The van der Waals surface area contributed by atoms with Crippen molar-refractivity contribution in [2.24, 2.45) is 5.92 Å². The van der Waals surface area contributed by atoms with Gasteiger partial charge in [0.25, 0.3) is 0 Å². The molecule has 0 unspecified atom stereocenters. The number of nitrogens with zero attached hydrogens (tertiary/aromatic N) is 1. The van der Waals surface area contributed by atoms with E-state index in [2.05, 4.69) is 17.1 Å². The zero-order chi connectivity index (χ0) is 12.4. The number of pyridine rings is 1. The van der Waals surface area contributed by atoms with E-state index in [1.165, 1.54) is 11.1 Å². The molecule has 0 amide bonds. The van der Waals surface area contributed by atoms with Crippen molar-refractivity contribution >= 4 is 5.82 Å². The van der Waals surface area contributed by atoms with E-state index < -0.39 is 0 Å². The maximum Gasteiger partial charge on any atom is 0.123 e. The molecule has 0 fully saturated rings. The van der Waals surface area contributed by atoms with E-state index >= 15 is 0 Å². The molecular weight excluding hydrogens is 224 g/mol. The van der Waals surface area contributed by atoms with Gasteiger partial charge in [-0.3, -0.25) is 0 Å². The van der Waals surface area contributed by atoms with Crippen molar-refractivity contribution in [3.8, 4) is 5.75 Å². The highest BCUT2D eigenvalue weighted by Crippen LogP contribution is 2.28. The highest BCUT2D eigenvalue weighted by atomic mass is 16.5. The highest BCUT2D eigenvalue weighted by molar-refractivity contribution is 5.35. The van der Waals surface area contributed by atoms with Crippen LogP contribution in [0.1, 0.15) is 11.1 Å². The average Bonchev–Trinajstić information content (AvgIpc) is 2.41. The van der Waals surface area contributed by atoms with Gasteiger partial charge < -0.3 is 10.5 Å². The van der Waals surface area contributed by atoms with Crippen LogP contribution in [0.3, 0.4) is 0 Å². The lowest BCUT2D eigenvalue weighted by molar-refractivity contribution is 0.221. The molecule has 0 saturated heterocycles. The summed E-state index contributed by atoms with van der Waals surface area (Å²) >= 11 is 0. The molecule has 2 heterocycles. The van der Waals surface area contributed by atoms with Crippen molar-refractivity contribution in [1.29, 1.82) is 0 Å². The van der Waals surface area contributed by atoms with E-state index in [0.717, 1.165) is 25.2 Å². The number of hydrogen-bond acceptors (Lipinski definition) is 3. The van der Waals surface area contributed by atoms with Gasteiger partial charge in [0, 0.05) is 12.1 Å². The molecule has 0 saturated carbocycles. The Kier molecular flexibility index (Phi) is 2.89. The van der Waals surface area contributed by atoms with E-state index in [1.807, 2.05) is 30.5 Å². The summed E-state index contributed by atoms with van der Waals surface area (Å²) in [5, 5.41) is 0.